The van der Waals surface area contributed by atoms with Gasteiger partial charge in [-0.3, -0.25) is 14.9 Å². The van der Waals surface area contributed by atoms with Gasteiger partial charge in [0.2, 0.25) is 0 Å². The van der Waals surface area contributed by atoms with Crippen molar-refractivity contribution >= 4 is 39.2 Å². The van der Waals surface area contributed by atoms with Gasteiger partial charge in [-0.1, -0.05) is 17.4 Å². The Morgan fingerprint density at radius 3 is 2.66 bits per heavy atom. The summed E-state index contributed by atoms with van der Waals surface area (Å²) in [5.74, 6) is -0.393. The maximum absolute atomic E-state index is 12.4. The van der Waals surface area contributed by atoms with Crippen LogP contribution in [0.25, 0.3) is 16.3 Å². The number of aromatic nitrogens is 1. The third-order valence-corrected chi connectivity index (χ3v) is 5.59. The fraction of sp³-hybridized carbons (Fsp3) is 0.238. The molecular weight excluding hydrogens is 390 g/mol. The smallest absolute Gasteiger partial charge is 0.272 e. The van der Waals surface area contributed by atoms with Crippen LogP contribution in [-0.2, 0) is 16.1 Å². The number of methoxy groups -OCH3 is 1. The topological polar surface area (TPSA) is 86.7 Å². The van der Waals surface area contributed by atoms with Gasteiger partial charge in [-0.15, -0.1) is 0 Å². The first-order valence-electron chi connectivity index (χ1n) is 9.00. The second-order valence-electron chi connectivity index (χ2n) is 6.59. The lowest BCUT2D eigenvalue weighted by molar-refractivity contribution is -0.384. The zero-order valence-corrected chi connectivity index (χ0v) is 17.2. The lowest BCUT2D eigenvalue weighted by Gasteiger charge is -2.05. The summed E-state index contributed by atoms with van der Waals surface area (Å²) in [5.41, 5.74) is 4.03. The molecule has 0 unspecified atom stereocenters. The second kappa shape index (κ2) is 8.93. The predicted octanol–water partition coefficient (Wildman–Crippen LogP) is 4.01. The van der Waals surface area contributed by atoms with Crippen molar-refractivity contribution in [1.82, 2.24) is 4.57 Å². The Kier molecular flexibility index (Phi) is 6.36. The second-order valence-corrected chi connectivity index (χ2v) is 7.57. The van der Waals surface area contributed by atoms with Crippen LogP contribution in [0.15, 0.2) is 47.5 Å². The van der Waals surface area contributed by atoms with E-state index < -0.39 is 10.8 Å². The number of hydrogen-bond acceptors (Lipinski definition) is 5. The number of rotatable bonds is 6. The van der Waals surface area contributed by atoms with Crippen molar-refractivity contribution in [2.45, 2.75) is 20.4 Å². The number of ether oxygens (including phenoxy) is 1. The minimum atomic E-state index is -0.460. The molecule has 0 atom stereocenters. The molecule has 0 aliphatic rings. The van der Waals surface area contributed by atoms with E-state index in [-0.39, 0.29) is 5.69 Å². The number of nitro benzene ring substituents is 1. The van der Waals surface area contributed by atoms with Crippen molar-refractivity contribution < 1.29 is 14.5 Å². The third-order valence-electron chi connectivity index (χ3n) is 4.36. The summed E-state index contributed by atoms with van der Waals surface area (Å²) < 4.78 is 8.31. The van der Waals surface area contributed by atoms with Crippen LogP contribution in [0.1, 0.15) is 16.7 Å². The normalized spacial score (nSPS) is 12.2. The summed E-state index contributed by atoms with van der Waals surface area (Å²) in [4.78, 5) is 27.6. The maximum Gasteiger partial charge on any atom is 0.272 e. The first-order chi connectivity index (χ1) is 13.9. The molecule has 1 amide bonds. The number of nitrogens with zero attached hydrogens (tertiary/aromatic N) is 3. The van der Waals surface area contributed by atoms with Crippen molar-refractivity contribution in [1.29, 1.82) is 0 Å². The molecule has 1 heterocycles. The molecule has 150 valence electrons. The molecule has 2 aromatic carbocycles. The molecule has 0 saturated heterocycles. The molecule has 29 heavy (non-hydrogen) atoms. The van der Waals surface area contributed by atoms with E-state index in [2.05, 4.69) is 17.1 Å². The van der Waals surface area contributed by atoms with Gasteiger partial charge in [-0.25, -0.2) is 0 Å². The highest BCUT2D eigenvalue weighted by Gasteiger charge is 2.10. The first kappa shape index (κ1) is 20.6. The summed E-state index contributed by atoms with van der Waals surface area (Å²) in [6.07, 6.45) is 2.96. The number of carbonyl (C=O) groups excluding carboxylic acids is 1. The van der Waals surface area contributed by atoms with E-state index in [0.29, 0.717) is 23.5 Å². The summed E-state index contributed by atoms with van der Waals surface area (Å²) in [6, 6.07) is 10.2. The van der Waals surface area contributed by atoms with Gasteiger partial charge in [0.05, 0.1) is 21.7 Å². The molecule has 0 aliphatic carbocycles. The highest BCUT2D eigenvalue weighted by atomic mass is 32.1. The number of benzene rings is 2. The minimum Gasteiger partial charge on any atom is -0.383 e. The van der Waals surface area contributed by atoms with Crippen molar-refractivity contribution in [3.05, 3.63) is 74.1 Å². The summed E-state index contributed by atoms with van der Waals surface area (Å²) in [7, 11) is 1.64. The van der Waals surface area contributed by atoms with E-state index >= 15 is 0 Å². The van der Waals surface area contributed by atoms with Gasteiger partial charge in [0.1, 0.15) is 0 Å². The quantitative estimate of drug-likeness (QED) is 0.348. The molecule has 0 radical (unpaired) electrons. The third kappa shape index (κ3) is 4.85. The Balaban J connectivity index is 1.94. The van der Waals surface area contributed by atoms with E-state index in [4.69, 9.17) is 4.74 Å². The van der Waals surface area contributed by atoms with Crippen LogP contribution in [0, 0.1) is 24.0 Å². The summed E-state index contributed by atoms with van der Waals surface area (Å²) >= 11 is 1.48. The maximum atomic E-state index is 12.4. The Labute approximate surface area is 171 Å². The molecule has 0 bridgehead atoms. The number of fused-ring (bicyclic) bond motifs is 1. The van der Waals surface area contributed by atoms with E-state index in [0.717, 1.165) is 21.3 Å². The SMILES string of the molecule is COCCn1c(=NC(=O)C=Cc2ccc([N+](=O)[O-])cc2)sc2c(C)cc(C)cc21. The van der Waals surface area contributed by atoms with Crippen LogP contribution in [0.3, 0.4) is 0 Å². The minimum absolute atomic E-state index is 0.00767. The predicted molar refractivity (Wildman–Crippen MR) is 114 cm³/mol. The summed E-state index contributed by atoms with van der Waals surface area (Å²) in [6.45, 7) is 5.20. The average molecular weight is 411 g/mol. The van der Waals surface area contributed by atoms with Crippen molar-refractivity contribution in [3.63, 3.8) is 0 Å². The number of carbonyl (C=O) groups is 1. The monoisotopic (exact) mass is 411 g/mol. The molecule has 3 rings (SSSR count). The fourth-order valence-corrected chi connectivity index (χ4v) is 4.11. The largest absolute Gasteiger partial charge is 0.383 e. The standard InChI is InChI=1S/C21H21N3O4S/c1-14-12-15(2)20-18(13-14)23(10-11-28-3)21(29-20)22-19(25)9-6-16-4-7-17(8-5-16)24(26)27/h4-9,12-13H,10-11H2,1-3H3. The molecule has 7 nitrogen and oxygen atoms in total. The number of thiazole rings is 1. The van der Waals surface area contributed by atoms with Crippen LogP contribution in [0.2, 0.25) is 0 Å². The van der Waals surface area contributed by atoms with Crippen LogP contribution in [0.5, 0.6) is 0 Å². The van der Waals surface area contributed by atoms with Gasteiger partial charge in [0.25, 0.3) is 11.6 Å². The van der Waals surface area contributed by atoms with Crippen molar-refractivity contribution in [2.24, 2.45) is 4.99 Å². The summed E-state index contributed by atoms with van der Waals surface area (Å²) in [5, 5.41) is 10.7. The number of hydrogen-bond donors (Lipinski definition) is 0. The number of nitro groups is 1. The highest BCUT2D eigenvalue weighted by molar-refractivity contribution is 7.16. The van der Waals surface area contributed by atoms with Crippen LogP contribution in [-0.4, -0.2) is 29.1 Å². The van der Waals surface area contributed by atoms with Gasteiger partial charge >= 0.3 is 0 Å². The number of non-ortho nitro benzene ring substituents is 1. The molecule has 0 saturated carbocycles. The molecule has 0 fully saturated rings. The first-order valence-corrected chi connectivity index (χ1v) is 9.81. The zero-order valence-electron chi connectivity index (χ0n) is 16.4. The van der Waals surface area contributed by atoms with E-state index in [1.54, 1.807) is 25.3 Å². The highest BCUT2D eigenvalue weighted by Crippen LogP contribution is 2.23. The van der Waals surface area contributed by atoms with Gasteiger partial charge < -0.3 is 9.30 Å². The average Bonchev–Trinajstić information content (AvgIpc) is 3.02. The van der Waals surface area contributed by atoms with Gasteiger partial charge in [0.15, 0.2) is 4.80 Å². The Morgan fingerprint density at radius 2 is 2.00 bits per heavy atom. The van der Waals surface area contributed by atoms with E-state index in [9.17, 15) is 14.9 Å². The van der Waals surface area contributed by atoms with Crippen LogP contribution in [0.4, 0.5) is 5.69 Å². The Morgan fingerprint density at radius 1 is 1.28 bits per heavy atom. The Hall–Kier alpha value is -3.10. The molecule has 0 aliphatic heterocycles. The lowest BCUT2D eigenvalue weighted by atomic mass is 10.1. The van der Waals surface area contributed by atoms with Crippen LogP contribution < -0.4 is 4.80 Å². The van der Waals surface area contributed by atoms with Crippen LogP contribution >= 0.6 is 11.3 Å². The molecular formula is C21H21N3O4S. The van der Waals surface area contributed by atoms with Crippen molar-refractivity contribution in [3.8, 4) is 0 Å². The molecule has 1 aromatic heterocycles. The molecule has 8 heteroatoms. The lowest BCUT2D eigenvalue weighted by Crippen LogP contribution is -2.19. The van der Waals surface area contributed by atoms with Gasteiger partial charge in [-0.2, -0.15) is 4.99 Å². The van der Waals surface area contributed by atoms with E-state index in [1.807, 2.05) is 18.4 Å². The molecule has 0 N–H and O–H groups in total. The zero-order chi connectivity index (χ0) is 21.0. The van der Waals surface area contributed by atoms with Gasteiger partial charge in [0, 0.05) is 31.9 Å². The Bertz CT molecular complexity index is 1160. The molecule has 3 aromatic rings. The fourth-order valence-electron chi connectivity index (χ4n) is 3.00. The van der Waals surface area contributed by atoms with Gasteiger partial charge in [-0.05, 0) is 54.8 Å². The molecule has 0 spiro atoms. The number of amides is 1. The van der Waals surface area contributed by atoms with E-state index in [1.165, 1.54) is 29.5 Å². The van der Waals surface area contributed by atoms with Crippen molar-refractivity contribution in [2.75, 3.05) is 13.7 Å². The number of aryl methyl sites for hydroxylation is 2.